The summed E-state index contributed by atoms with van der Waals surface area (Å²) >= 11 is 2.24. The van der Waals surface area contributed by atoms with Crippen LogP contribution in [-0.4, -0.2) is 13.2 Å². The van der Waals surface area contributed by atoms with Gasteiger partial charge in [0.05, 0.1) is 30.3 Å². The van der Waals surface area contributed by atoms with E-state index in [0.29, 0.717) is 18.9 Å². The molecule has 0 aromatic heterocycles. The van der Waals surface area contributed by atoms with Crippen LogP contribution in [0, 0.1) is 3.57 Å². The van der Waals surface area contributed by atoms with Crippen LogP contribution in [0.25, 0.3) is 0 Å². The van der Waals surface area contributed by atoms with Crippen molar-refractivity contribution in [2.45, 2.75) is 13.8 Å². The Hall–Kier alpha value is -1.63. The minimum absolute atomic E-state index is 0.602. The number of hydrogen-bond donors (Lipinski definition) is 2. The second-order valence-corrected chi connectivity index (χ2v) is 5.63. The number of anilines is 3. The number of ether oxygens (including phenoxy) is 2. The molecule has 0 fully saturated rings. The fourth-order valence-corrected chi connectivity index (χ4v) is 2.45. The summed E-state index contributed by atoms with van der Waals surface area (Å²) in [6.45, 7) is 5.14. The summed E-state index contributed by atoms with van der Waals surface area (Å²) < 4.78 is 12.3. The maximum absolute atomic E-state index is 6.05. The summed E-state index contributed by atoms with van der Waals surface area (Å²) in [5, 5.41) is 3.32. The molecule has 0 saturated carbocycles. The molecule has 2 rings (SSSR count). The first kappa shape index (κ1) is 15.8. The highest BCUT2D eigenvalue weighted by Gasteiger charge is 2.08. The Morgan fingerprint density at radius 1 is 1.00 bits per heavy atom. The van der Waals surface area contributed by atoms with Crippen molar-refractivity contribution < 1.29 is 9.47 Å². The van der Waals surface area contributed by atoms with Crippen molar-refractivity contribution in [1.82, 2.24) is 0 Å². The van der Waals surface area contributed by atoms with Gasteiger partial charge in [0.15, 0.2) is 0 Å². The lowest BCUT2D eigenvalue weighted by Gasteiger charge is -2.15. The first-order valence-electron chi connectivity index (χ1n) is 6.85. The minimum Gasteiger partial charge on any atom is -0.494 e. The summed E-state index contributed by atoms with van der Waals surface area (Å²) in [5.74, 6) is 1.58. The SMILES string of the molecule is CCOc1ccc(OCC)c(Nc2ccc(I)cc2N)c1. The molecule has 4 nitrogen and oxygen atoms in total. The Balaban J connectivity index is 2.33. The molecule has 0 atom stereocenters. The van der Waals surface area contributed by atoms with Gasteiger partial charge in [-0.15, -0.1) is 0 Å². The maximum Gasteiger partial charge on any atom is 0.142 e. The van der Waals surface area contributed by atoms with E-state index in [4.69, 9.17) is 15.2 Å². The third kappa shape index (κ3) is 4.17. The van der Waals surface area contributed by atoms with Crippen molar-refractivity contribution in [1.29, 1.82) is 0 Å². The Kier molecular flexibility index (Phi) is 5.55. The zero-order chi connectivity index (χ0) is 15.2. The van der Waals surface area contributed by atoms with Gasteiger partial charge in [0, 0.05) is 9.64 Å². The standard InChI is InChI=1S/C16H19IN2O2/c1-3-20-12-6-8-16(21-4-2)15(10-12)19-14-7-5-11(17)9-13(14)18/h5-10,19H,3-4,18H2,1-2H3. The van der Waals surface area contributed by atoms with Crippen LogP contribution in [0.5, 0.6) is 11.5 Å². The van der Waals surface area contributed by atoms with E-state index in [-0.39, 0.29) is 0 Å². The van der Waals surface area contributed by atoms with Crippen LogP contribution in [0.4, 0.5) is 17.1 Å². The van der Waals surface area contributed by atoms with E-state index in [1.807, 2.05) is 50.2 Å². The zero-order valence-electron chi connectivity index (χ0n) is 12.2. The van der Waals surface area contributed by atoms with E-state index in [1.54, 1.807) is 0 Å². The second-order valence-electron chi connectivity index (χ2n) is 4.38. The highest BCUT2D eigenvalue weighted by atomic mass is 127. The third-order valence-corrected chi connectivity index (χ3v) is 3.52. The van der Waals surface area contributed by atoms with E-state index in [0.717, 1.165) is 26.4 Å². The van der Waals surface area contributed by atoms with Gasteiger partial charge in [-0.3, -0.25) is 0 Å². The van der Waals surface area contributed by atoms with Crippen LogP contribution in [0.15, 0.2) is 36.4 Å². The molecule has 0 saturated heterocycles. The normalized spacial score (nSPS) is 10.2. The number of benzene rings is 2. The zero-order valence-corrected chi connectivity index (χ0v) is 14.3. The number of halogens is 1. The van der Waals surface area contributed by atoms with Gasteiger partial charge in [-0.05, 0) is 66.8 Å². The predicted octanol–water partition coefficient (Wildman–Crippen LogP) is 4.41. The number of nitrogen functional groups attached to an aromatic ring is 1. The molecular formula is C16H19IN2O2. The Labute approximate surface area is 138 Å². The molecule has 112 valence electrons. The summed E-state index contributed by atoms with van der Waals surface area (Å²) in [4.78, 5) is 0. The minimum atomic E-state index is 0.602. The Morgan fingerprint density at radius 3 is 2.43 bits per heavy atom. The highest BCUT2D eigenvalue weighted by Crippen LogP contribution is 2.34. The largest absolute Gasteiger partial charge is 0.494 e. The molecule has 0 aliphatic carbocycles. The van der Waals surface area contributed by atoms with E-state index < -0.39 is 0 Å². The van der Waals surface area contributed by atoms with E-state index in [1.165, 1.54) is 0 Å². The molecule has 2 aromatic carbocycles. The van der Waals surface area contributed by atoms with Crippen LogP contribution in [-0.2, 0) is 0 Å². The van der Waals surface area contributed by atoms with Crippen LogP contribution < -0.4 is 20.5 Å². The van der Waals surface area contributed by atoms with Crippen molar-refractivity contribution in [2.24, 2.45) is 0 Å². The summed E-state index contributed by atoms with van der Waals surface area (Å²) in [7, 11) is 0. The van der Waals surface area contributed by atoms with Gasteiger partial charge in [-0.1, -0.05) is 0 Å². The molecular weight excluding hydrogens is 379 g/mol. The van der Waals surface area contributed by atoms with Crippen molar-refractivity contribution in [2.75, 3.05) is 24.3 Å². The van der Waals surface area contributed by atoms with E-state index >= 15 is 0 Å². The fraction of sp³-hybridized carbons (Fsp3) is 0.250. The fourth-order valence-electron chi connectivity index (χ4n) is 1.94. The van der Waals surface area contributed by atoms with E-state index in [2.05, 4.69) is 27.9 Å². The number of hydrogen-bond acceptors (Lipinski definition) is 4. The molecule has 21 heavy (non-hydrogen) atoms. The first-order chi connectivity index (χ1) is 10.1. The van der Waals surface area contributed by atoms with Crippen molar-refractivity contribution in [3.8, 4) is 11.5 Å². The smallest absolute Gasteiger partial charge is 0.142 e. The lowest BCUT2D eigenvalue weighted by molar-refractivity contribution is 0.332. The summed E-state index contributed by atoms with van der Waals surface area (Å²) in [6, 6.07) is 11.6. The lowest BCUT2D eigenvalue weighted by Crippen LogP contribution is -2.01. The van der Waals surface area contributed by atoms with Gasteiger partial charge in [-0.25, -0.2) is 0 Å². The molecule has 0 aliphatic heterocycles. The molecule has 3 N–H and O–H groups in total. The average molecular weight is 398 g/mol. The quantitative estimate of drug-likeness (QED) is 0.559. The lowest BCUT2D eigenvalue weighted by atomic mass is 10.2. The molecule has 0 amide bonds. The molecule has 0 unspecified atom stereocenters. The van der Waals surface area contributed by atoms with Crippen molar-refractivity contribution in [3.05, 3.63) is 40.0 Å². The third-order valence-electron chi connectivity index (χ3n) is 2.84. The van der Waals surface area contributed by atoms with Gasteiger partial charge in [0.25, 0.3) is 0 Å². The highest BCUT2D eigenvalue weighted by molar-refractivity contribution is 14.1. The molecule has 0 spiro atoms. The first-order valence-corrected chi connectivity index (χ1v) is 7.93. The van der Waals surface area contributed by atoms with Gasteiger partial charge in [0.2, 0.25) is 0 Å². The molecule has 5 heteroatoms. The van der Waals surface area contributed by atoms with Crippen LogP contribution in [0.1, 0.15) is 13.8 Å². The van der Waals surface area contributed by atoms with Crippen LogP contribution in [0.2, 0.25) is 0 Å². The van der Waals surface area contributed by atoms with E-state index in [9.17, 15) is 0 Å². The van der Waals surface area contributed by atoms with Gasteiger partial charge >= 0.3 is 0 Å². The summed E-state index contributed by atoms with van der Waals surface area (Å²) in [5.41, 5.74) is 8.45. The molecule has 0 aliphatic rings. The summed E-state index contributed by atoms with van der Waals surface area (Å²) in [6.07, 6.45) is 0. The average Bonchev–Trinajstić information content (AvgIpc) is 2.45. The molecule has 0 heterocycles. The molecule has 2 aromatic rings. The van der Waals surface area contributed by atoms with Gasteiger partial charge < -0.3 is 20.5 Å². The van der Waals surface area contributed by atoms with Crippen molar-refractivity contribution in [3.63, 3.8) is 0 Å². The number of nitrogens with two attached hydrogens (primary N) is 1. The maximum atomic E-state index is 6.05. The van der Waals surface area contributed by atoms with Crippen LogP contribution >= 0.6 is 22.6 Å². The topological polar surface area (TPSA) is 56.5 Å². The molecule has 0 bridgehead atoms. The van der Waals surface area contributed by atoms with Crippen molar-refractivity contribution >= 4 is 39.7 Å². The second kappa shape index (κ2) is 7.40. The van der Waals surface area contributed by atoms with Gasteiger partial charge in [0.1, 0.15) is 11.5 Å². The van der Waals surface area contributed by atoms with Crippen LogP contribution in [0.3, 0.4) is 0 Å². The number of nitrogens with one attached hydrogen (secondary N) is 1. The monoisotopic (exact) mass is 398 g/mol. The predicted molar refractivity (Wildman–Crippen MR) is 95.6 cm³/mol. The Bertz CT molecular complexity index is 617. The number of rotatable bonds is 6. The Morgan fingerprint density at radius 2 is 1.76 bits per heavy atom. The molecule has 0 radical (unpaired) electrons. The van der Waals surface area contributed by atoms with Gasteiger partial charge in [-0.2, -0.15) is 0 Å².